The van der Waals surface area contributed by atoms with Gasteiger partial charge in [0, 0.05) is 5.88 Å². The van der Waals surface area contributed by atoms with Gasteiger partial charge in [-0.2, -0.15) is 0 Å². The molecule has 0 radical (unpaired) electrons. The van der Waals surface area contributed by atoms with Crippen molar-refractivity contribution in [1.29, 1.82) is 0 Å². The molecule has 0 saturated carbocycles. The Hall–Kier alpha value is -0.740. The van der Waals surface area contributed by atoms with Crippen molar-refractivity contribution in [3.8, 4) is 5.75 Å². The molecule has 0 spiro atoms. The second kappa shape index (κ2) is 6.87. The monoisotopic (exact) mass is 276 g/mol. The highest BCUT2D eigenvalue weighted by Crippen LogP contribution is 2.14. The Morgan fingerprint density at radius 2 is 2.06 bits per heavy atom. The van der Waals surface area contributed by atoms with Gasteiger partial charge < -0.3 is 4.74 Å². The van der Waals surface area contributed by atoms with Crippen LogP contribution in [0.25, 0.3) is 0 Å². The Morgan fingerprint density at radius 3 is 2.71 bits per heavy atom. The molecule has 0 aromatic heterocycles. The number of hydrogen-bond donors (Lipinski definition) is 0. The van der Waals surface area contributed by atoms with Gasteiger partial charge in [0.2, 0.25) is 0 Å². The van der Waals surface area contributed by atoms with E-state index in [-0.39, 0.29) is 18.1 Å². The summed E-state index contributed by atoms with van der Waals surface area (Å²) in [5, 5.41) is 0. The standard InChI is InChI=1S/C12H17ClO3S/c1-2-7-17(14,15)8-6-16-12-5-3-4-11(9-12)10-13/h3-5,9H,2,6-8,10H2,1H3. The lowest BCUT2D eigenvalue weighted by molar-refractivity contribution is 0.340. The molecule has 0 aliphatic rings. The lowest BCUT2D eigenvalue weighted by Crippen LogP contribution is -2.16. The molecule has 0 N–H and O–H groups in total. The van der Waals surface area contributed by atoms with Crippen LogP contribution in [0.15, 0.2) is 24.3 Å². The van der Waals surface area contributed by atoms with E-state index in [0.29, 0.717) is 18.1 Å². The summed E-state index contributed by atoms with van der Waals surface area (Å²) in [4.78, 5) is 0. The van der Waals surface area contributed by atoms with Crippen molar-refractivity contribution in [2.45, 2.75) is 19.2 Å². The predicted octanol–water partition coefficient (Wildman–Crippen LogP) is 2.63. The van der Waals surface area contributed by atoms with E-state index in [1.165, 1.54) is 0 Å². The van der Waals surface area contributed by atoms with Crippen molar-refractivity contribution in [3.63, 3.8) is 0 Å². The molecule has 0 bridgehead atoms. The van der Waals surface area contributed by atoms with Crippen LogP contribution in [-0.4, -0.2) is 26.5 Å². The number of alkyl halides is 1. The summed E-state index contributed by atoms with van der Waals surface area (Å²) in [6, 6.07) is 7.35. The predicted molar refractivity (Wildman–Crippen MR) is 70.4 cm³/mol. The zero-order valence-corrected chi connectivity index (χ0v) is 11.4. The Bertz CT molecular complexity index is 443. The van der Waals surface area contributed by atoms with E-state index in [0.717, 1.165) is 5.56 Å². The normalized spacial score (nSPS) is 11.4. The first-order valence-electron chi connectivity index (χ1n) is 5.55. The van der Waals surface area contributed by atoms with Gasteiger partial charge in [0.15, 0.2) is 9.84 Å². The topological polar surface area (TPSA) is 43.4 Å². The maximum atomic E-state index is 11.4. The van der Waals surface area contributed by atoms with Crippen molar-refractivity contribution < 1.29 is 13.2 Å². The summed E-state index contributed by atoms with van der Waals surface area (Å²) in [7, 11) is -2.97. The third-order valence-corrected chi connectivity index (χ3v) is 4.36. The van der Waals surface area contributed by atoms with Gasteiger partial charge in [0.25, 0.3) is 0 Å². The SMILES string of the molecule is CCCS(=O)(=O)CCOc1cccc(CCl)c1. The van der Waals surface area contributed by atoms with E-state index in [9.17, 15) is 8.42 Å². The fraction of sp³-hybridized carbons (Fsp3) is 0.500. The fourth-order valence-electron chi connectivity index (χ4n) is 1.42. The highest BCUT2D eigenvalue weighted by atomic mass is 35.5. The molecule has 0 amide bonds. The second-order valence-electron chi connectivity index (χ2n) is 3.78. The molecular weight excluding hydrogens is 260 g/mol. The molecule has 96 valence electrons. The lowest BCUT2D eigenvalue weighted by Gasteiger charge is -2.07. The zero-order chi connectivity index (χ0) is 12.7. The first-order valence-corrected chi connectivity index (χ1v) is 7.91. The fourth-order valence-corrected chi connectivity index (χ4v) is 2.75. The summed E-state index contributed by atoms with van der Waals surface area (Å²) in [6.45, 7) is 2.04. The second-order valence-corrected chi connectivity index (χ2v) is 6.35. The molecular formula is C12H17ClO3S. The largest absolute Gasteiger partial charge is 0.493 e. The molecule has 5 heteroatoms. The highest BCUT2D eigenvalue weighted by molar-refractivity contribution is 7.91. The van der Waals surface area contributed by atoms with E-state index in [4.69, 9.17) is 16.3 Å². The molecule has 0 heterocycles. The molecule has 0 saturated heterocycles. The molecule has 0 atom stereocenters. The van der Waals surface area contributed by atoms with E-state index < -0.39 is 9.84 Å². The summed E-state index contributed by atoms with van der Waals surface area (Å²) in [5.41, 5.74) is 0.959. The van der Waals surface area contributed by atoms with Crippen molar-refractivity contribution in [1.82, 2.24) is 0 Å². The summed E-state index contributed by atoms with van der Waals surface area (Å²) in [6.07, 6.45) is 0.643. The molecule has 0 fully saturated rings. The molecule has 1 aromatic rings. The van der Waals surface area contributed by atoms with Crippen molar-refractivity contribution in [2.75, 3.05) is 18.1 Å². The van der Waals surface area contributed by atoms with E-state index >= 15 is 0 Å². The molecule has 0 aliphatic heterocycles. The molecule has 17 heavy (non-hydrogen) atoms. The molecule has 1 aromatic carbocycles. The van der Waals surface area contributed by atoms with Gasteiger partial charge >= 0.3 is 0 Å². The van der Waals surface area contributed by atoms with Crippen LogP contribution in [0.2, 0.25) is 0 Å². The summed E-state index contributed by atoms with van der Waals surface area (Å²) >= 11 is 5.70. The van der Waals surface area contributed by atoms with Gasteiger partial charge in [0.1, 0.15) is 12.4 Å². The Labute approximate surface area is 108 Å². The first kappa shape index (κ1) is 14.3. The van der Waals surface area contributed by atoms with Gasteiger partial charge in [0.05, 0.1) is 11.5 Å². The maximum absolute atomic E-state index is 11.4. The van der Waals surface area contributed by atoms with Crippen molar-refractivity contribution in [2.24, 2.45) is 0 Å². The maximum Gasteiger partial charge on any atom is 0.153 e. The molecule has 3 nitrogen and oxygen atoms in total. The van der Waals surface area contributed by atoms with Crippen LogP contribution >= 0.6 is 11.6 Å². The third-order valence-electron chi connectivity index (χ3n) is 2.23. The summed E-state index contributed by atoms with van der Waals surface area (Å²) < 4.78 is 28.3. The average molecular weight is 277 g/mol. The van der Waals surface area contributed by atoms with Gasteiger partial charge in [-0.25, -0.2) is 8.42 Å². The van der Waals surface area contributed by atoms with Gasteiger partial charge in [-0.15, -0.1) is 11.6 Å². The van der Waals surface area contributed by atoms with Gasteiger partial charge in [-0.1, -0.05) is 19.1 Å². The Morgan fingerprint density at radius 1 is 1.29 bits per heavy atom. The number of ether oxygens (including phenoxy) is 1. The van der Waals surface area contributed by atoms with Crippen LogP contribution in [0.5, 0.6) is 5.75 Å². The summed E-state index contributed by atoms with van der Waals surface area (Å²) in [5.74, 6) is 1.37. The number of benzene rings is 1. The van der Waals surface area contributed by atoms with Crippen molar-refractivity contribution in [3.05, 3.63) is 29.8 Å². The highest BCUT2D eigenvalue weighted by Gasteiger charge is 2.09. The lowest BCUT2D eigenvalue weighted by atomic mass is 10.2. The molecule has 0 aliphatic carbocycles. The quantitative estimate of drug-likeness (QED) is 0.719. The van der Waals surface area contributed by atoms with Gasteiger partial charge in [-0.05, 0) is 24.1 Å². The van der Waals surface area contributed by atoms with Crippen molar-refractivity contribution >= 4 is 21.4 Å². The Kier molecular flexibility index (Phi) is 5.78. The van der Waals surface area contributed by atoms with Crippen LogP contribution in [0.1, 0.15) is 18.9 Å². The van der Waals surface area contributed by atoms with Crippen LogP contribution in [0.4, 0.5) is 0 Å². The van der Waals surface area contributed by atoms with E-state index in [1.54, 1.807) is 6.07 Å². The smallest absolute Gasteiger partial charge is 0.153 e. The zero-order valence-electron chi connectivity index (χ0n) is 9.86. The average Bonchev–Trinajstić information content (AvgIpc) is 2.29. The number of rotatable bonds is 7. The molecule has 1 rings (SSSR count). The number of hydrogen-bond acceptors (Lipinski definition) is 3. The minimum atomic E-state index is -2.97. The van der Waals surface area contributed by atoms with Crippen LogP contribution in [-0.2, 0) is 15.7 Å². The van der Waals surface area contributed by atoms with E-state index in [2.05, 4.69) is 0 Å². The third kappa shape index (κ3) is 5.41. The van der Waals surface area contributed by atoms with E-state index in [1.807, 2.05) is 25.1 Å². The molecule has 0 unspecified atom stereocenters. The number of sulfone groups is 1. The first-order chi connectivity index (χ1) is 8.07. The minimum Gasteiger partial charge on any atom is -0.493 e. The van der Waals surface area contributed by atoms with Crippen LogP contribution in [0, 0.1) is 0 Å². The van der Waals surface area contributed by atoms with Crippen LogP contribution < -0.4 is 4.74 Å². The minimum absolute atomic E-state index is 0.0615. The van der Waals surface area contributed by atoms with Crippen LogP contribution in [0.3, 0.4) is 0 Å². The van der Waals surface area contributed by atoms with Gasteiger partial charge in [-0.3, -0.25) is 0 Å². The number of halogens is 1. The Balaban J connectivity index is 2.45.